The molecule has 2 heterocycles. The van der Waals surface area contributed by atoms with Crippen molar-refractivity contribution in [3.8, 4) is 5.75 Å². The second kappa shape index (κ2) is 12.7. The van der Waals surface area contributed by atoms with Gasteiger partial charge in [0.05, 0.1) is 18.2 Å². The van der Waals surface area contributed by atoms with Gasteiger partial charge in [0.15, 0.2) is 4.34 Å². The quantitative estimate of drug-likeness (QED) is 0.0517. The van der Waals surface area contributed by atoms with Crippen molar-refractivity contribution in [1.82, 2.24) is 10.2 Å². The summed E-state index contributed by atoms with van der Waals surface area (Å²) in [6.45, 7) is 2.63. The fourth-order valence-electron chi connectivity index (χ4n) is 4.29. The van der Waals surface area contributed by atoms with Crippen LogP contribution in [0, 0.1) is 0 Å². The van der Waals surface area contributed by atoms with E-state index in [9.17, 15) is 14.7 Å². The summed E-state index contributed by atoms with van der Waals surface area (Å²) < 4.78 is 6.56. The first-order valence-electron chi connectivity index (χ1n) is 12.8. The molecule has 1 amide bonds. The van der Waals surface area contributed by atoms with E-state index >= 15 is 0 Å². The molecule has 1 atom stereocenters. The van der Waals surface area contributed by atoms with Crippen LogP contribution in [0.2, 0.25) is 5.02 Å². The van der Waals surface area contributed by atoms with Crippen molar-refractivity contribution in [3.63, 3.8) is 0 Å². The highest BCUT2D eigenvalue weighted by molar-refractivity contribution is 8.00. The van der Waals surface area contributed by atoms with Gasteiger partial charge in [0.1, 0.15) is 11.5 Å². The van der Waals surface area contributed by atoms with Crippen LogP contribution in [0.3, 0.4) is 0 Å². The summed E-state index contributed by atoms with van der Waals surface area (Å²) in [4.78, 5) is 28.3. The van der Waals surface area contributed by atoms with Gasteiger partial charge in [-0.25, -0.2) is 0 Å². The highest BCUT2D eigenvalue weighted by Crippen LogP contribution is 2.44. The molecule has 1 unspecified atom stereocenters. The molecule has 1 N–H and O–H groups in total. The number of thioether (sulfide) groups is 1. The molecule has 10 heteroatoms. The summed E-state index contributed by atoms with van der Waals surface area (Å²) in [6.07, 6.45) is 1.89. The van der Waals surface area contributed by atoms with Crippen LogP contribution in [0.15, 0.2) is 88.8 Å². The molecular formula is C30H26ClN3O4S2. The summed E-state index contributed by atoms with van der Waals surface area (Å²) in [5.74, 6) is -0.578. The van der Waals surface area contributed by atoms with Gasteiger partial charge in [0.2, 0.25) is 5.13 Å². The number of aromatic nitrogens is 2. The largest absolute Gasteiger partial charge is 0.507 e. The van der Waals surface area contributed by atoms with Gasteiger partial charge in [0.25, 0.3) is 5.78 Å². The Morgan fingerprint density at radius 1 is 1.05 bits per heavy atom. The van der Waals surface area contributed by atoms with Crippen molar-refractivity contribution in [3.05, 3.63) is 106 Å². The molecule has 1 aliphatic heterocycles. The van der Waals surface area contributed by atoms with Crippen LogP contribution >= 0.6 is 34.7 Å². The standard InChI is InChI=1S/C30H26ClN3O4S2/c1-2-3-16-38-23-11-7-10-21(17-23)25-24(26(35)20-12-14-22(31)15-13-20)27(36)28(37)34(25)29-32-33-30(40-29)39-18-19-8-5-4-6-9-19/h4-15,17,25,35H,2-3,16,18H2,1H3/b26-24+. The number of ketones is 1. The van der Waals surface area contributed by atoms with E-state index in [2.05, 4.69) is 17.1 Å². The number of rotatable bonds is 10. The lowest BCUT2D eigenvalue weighted by atomic mass is 9.95. The fourth-order valence-corrected chi connectivity index (χ4v) is 6.24. The molecule has 0 aliphatic carbocycles. The van der Waals surface area contributed by atoms with E-state index < -0.39 is 17.7 Å². The predicted molar refractivity (Wildman–Crippen MR) is 159 cm³/mol. The first kappa shape index (κ1) is 27.9. The molecule has 0 bridgehead atoms. The molecule has 0 radical (unpaired) electrons. The Balaban J connectivity index is 1.54. The molecule has 1 aromatic heterocycles. The summed E-state index contributed by atoms with van der Waals surface area (Å²) in [5.41, 5.74) is 2.08. The van der Waals surface area contributed by atoms with Crippen molar-refractivity contribution < 1.29 is 19.4 Å². The van der Waals surface area contributed by atoms with Crippen molar-refractivity contribution in [2.24, 2.45) is 0 Å². The number of ether oxygens (including phenoxy) is 1. The lowest BCUT2D eigenvalue weighted by molar-refractivity contribution is -0.132. The number of anilines is 1. The molecule has 1 fully saturated rings. The van der Waals surface area contributed by atoms with E-state index in [1.807, 2.05) is 36.4 Å². The molecule has 1 aliphatic rings. The second-order valence-corrected chi connectivity index (χ2v) is 11.7. The number of halogens is 1. The Hall–Kier alpha value is -3.66. The predicted octanol–water partition coefficient (Wildman–Crippen LogP) is 7.29. The van der Waals surface area contributed by atoms with Crippen LogP contribution in [-0.2, 0) is 15.3 Å². The topological polar surface area (TPSA) is 92.6 Å². The highest BCUT2D eigenvalue weighted by atomic mass is 35.5. The Kier molecular flexibility index (Phi) is 8.84. The van der Waals surface area contributed by atoms with Gasteiger partial charge in [-0.1, -0.05) is 90.5 Å². The zero-order chi connectivity index (χ0) is 28.1. The average molecular weight is 592 g/mol. The number of benzene rings is 3. The monoisotopic (exact) mass is 591 g/mol. The first-order chi connectivity index (χ1) is 19.5. The lowest BCUT2D eigenvalue weighted by Crippen LogP contribution is -2.29. The summed E-state index contributed by atoms with van der Waals surface area (Å²) >= 11 is 8.76. The molecule has 4 aromatic rings. The minimum absolute atomic E-state index is 0.0354. The number of aliphatic hydroxyl groups is 1. The average Bonchev–Trinajstić information content (AvgIpc) is 3.54. The maximum Gasteiger partial charge on any atom is 0.301 e. The summed E-state index contributed by atoms with van der Waals surface area (Å²) in [7, 11) is 0. The van der Waals surface area contributed by atoms with Crippen molar-refractivity contribution in [2.75, 3.05) is 11.5 Å². The molecule has 0 saturated carbocycles. The van der Waals surface area contributed by atoms with Crippen molar-refractivity contribution in [1.29, 1.82) is 0 Å². The molecule has 40 heavy (non-hydrogen) atoms. The van der Waals surface area contributed by atoms with E-state index in [0.717, 1.165) is 18.4 Å². The lowest BCUT2D eigenvalue weighted by Gasteiger charge is -2.23. The van der Waals surface area contributed by atoms with Crippen LogP contribution in [0.1, 0.15) is 42.5 Å². The maximum atomic E-state index is 13.5. The molecule has 7 nitrogen and oxygen atoms in total. The number of amides is 1. The third-order valence-corrected chi connectivity index (χ3v) is 8.69. The molecule has 1 saturated heterocycles. The van der Waals surface area contributed by atoms with E-state index in [-0.39, 0.29) is 16.5 Å². The van der Waals surface area contributed by atoms with Crippen molar-refractivity contribution in [2.45, 2.75) is 35.9 Å². The van der Waals surface area contributed by atoms with Crippen LogP contribution in [0.5, 0.6) is 5.75 Å². The van der Waals surface area contributed by atoms with Gasteiger partial charge in [-0.15, -0.1) is 10.2 Å². The van der Waals surface area contributed by atoms with Gasteiger partial charge in [0, 0.05) is 16.3 Å². The van der Waals surface area contributed by atoms with E-state index in [1.54, 1.807) is 42.5 Å². The van der Waals surface area contributed by atoms with Gasteiger partial charge in [-0.2, -0.15) is 0 Å². The van der Waals surface area contributed by atoms with Gasteiger partial charge in [-0.05, 0) is 53.9 Å². The van der Waals surface area contributed by atoms with E-state index in [4.69, 9.17) is 16.3 Å². The maximum absolute atomic E-state index is 13.5. The van der Waals surface area contributed by atoms with Gasteiger partial charge in [-0.3, -0.25) is 14.5 Å². The third-order valence-electron chi connectivity index (χ3n) is 6.31. The number of unbranched alkanes of at least 4 members (excludes halogenated alkanes) is 1. The number of nitrogens with zero attached hydrogens (tertiary/aromatic N) is 3. The zero-order valence-corrected chi connectivity index (χ0v) is 24.0. The minimum Gasteiger partial charge on any atom is -0.507 e. The minimum atomic E-state index is -0.926. The Bertz CT molecular complexity index is 1540. The molecule has 3 aromatic carbocycles. The SMILES string of the molecule is CCCCOc1cccc(C2/C(=C(\O)c3ccc(Cl)cc3)C(=O)C(=O)N2c2nnc(SCc3ccccc3)s2)c1. The Morgan fingerprint density at radius 2 is 1.82 bits per heavy atom. The number of carbonyl (C=O) groups is 2. The first-order valence-corrected chi connectivity index (χ1v) is 14.9. The van der Waals surface area contributed by atoms with Crippen LogP contribution in [0.4, 0.5) is 5.13 Å². The normalized spacial score (nSPS) is 16.4. The Labute approximate surface area is 245 Å². The van der Waals surface area contributed by atoms with Crippen molar-refractivity contribution >= 4 is 57.3 Å². The molecule has 5 rings (SSSR count). The number of Topliss-reactive ketones (excluding diaryl/α,β-unsaturated/α-hetero) is 1. The van der Waals surface area contributed by atoms with Crippen LogP contribution in [-0.4, -0.2) is 33.6 Å². The zero-order valence-electron chi connectivity index (χ0n) is 21.6. The molecular weight excluding hydrogens is 566 g/mol. The third kappa shape index (κ3) is 6.06. The van der Waals surface area contributed by atoms with Gasteiger partial charge >= 0.3 is 5.91 Å². The molecule has 0 spiro atoms. The number of aliphatic hydroxyl groups excluding tert-OH is 1. The summed E-state index contributed by atoms with van der Waals surface area (Å²) in [5, 5.41) is 20.6. The number of carbonyl (C=O) groups excluding carboxylic acids is 2. The summed E-state index contributed by atoms with van der Waals surface area (Å²) in [6, 6.07) is 22.7. The smallest absolute Gasteiger partial charge is 0.301 e. The number of hydrogen-bond donors (Lipinski definition) is 1. The molecule has 204 valence electrons. The highest BCUT2D eigenvalue weighted by Gasteiger charge is 2.48. The number of hydrogen-bond acceptors (Lipinski definition) is 8. The van der Waals surface area contributed by atoms with Gasteiger partial charge < -0.3 is 9.84 Å². The van der Waals surface area contributed by atoms with Crippen LogP contribution in [0.25, 0.3) is 5.76 Å². The fraction of sp³-hybridized carbons (Fsp3) is 0.200. The van der Waals surface area contributed by atoms with E-state index in [0.29, 0.717) is 38.6 Å². The van der Waals surface area contributed by atoms with Crippen LogP contribution < -0.4 is 9.64 Å². The second-order valence-electron chi connectivity index (χ2n) is 9.08. The Morgan fingerprint density at radius 3 is 2.58 bits per heavy atom. The van der Waals surface area contributed by atoms with E-state index in [1.165, 1.54) is 28.0 Å².